The highest BCUT2D eigenvalue weighted by Gasteiger charge is 2.05. The standard InChI is InChI=1S/C16H20N4O/c1-12(2)18-8-15-10-20(11-19-15)9-13-4-5-16(21-3)14(6-13)7-17/h4-6,10-12,18H,8-9H2,1-3H3. The van der Waals surface area contributed by atoms with Crippen molar-refractivity contribution in [1.29, 1.82) is 5.26 Å². The second kappa shape index (κ2) is 6.91. The monoisotopic (exact) mass is 284 g/mol. The predicted octanol–water partition coefficient (Wildman–Crippen LogP) is 2.31. The number of nitriles is 1. The number of hydrogen-bond acceptors (Lipinski definition) is 4. The molecule has 0 aliphatic rings. The van der Waals surface area contributed by atoms with E-state index in [2.05, 4.69) is 30.2 Å². The summed E-state index contributed by atoms with van der Waals surface area (Å²) in [6.07, 6.45) is 3.83. The van der Waals surface area contributed by atoms with Gasteiger partial charge in [-0.05, 0) is 17.7 Å². The van der Waals surface area contributed by atoms with E-state index in [1.165, 1.54) is 0 Å². The quantitative estimate of drug-likeness (QED) is 0.884. The zero-order chi connectivity index (χ0) is 15.2. The first-order chi connectivity index (χ1) is 10.1. The number of benzene rings is 1. The lowest BCUT2D eigenvalue weighted by molar-refractivity contribution is 0.413. The van der Waals surface area contributed by atoms with Crippen molar-refractivity contribution >= 4 is 0 Å². The molecule has 0 amide bonds. The molecule has 5 nitrogen and oxygen atoms in total. The molecule has 1 aromatic carbocycles. The van der Waals surface area contributed by atoms with Crippen LogP contribution in [0.2, 0.25) is 0 Å². The van der Waals surface area contributed by atoms with Gasteiger partial charge in [0, 0.05) is 25.3 Å². The molecule has 1 heterocycles. The SMILES string of the molecule is COc1ccc(Cn2cnc(CNC(C)C)c2)cc1C#N. The van der Waals surface area contributed by atoms with Gasteiger partial charge in [-0.15, -0.1) is 0 Å². The number of aromatic nitrogens is 2. The van der Waals surface area contributed by atoms with Crippen LogP contribution in [0, 0.1) is 11.3 Å². The fourth-order valence-electron chi connectivity index (χ4n) is 2.04. The summed E-state index contributed by atoms with van der Waals surface area (Å²) >= 11 is 0. The van der Waals surface area contributed by atoms with Crippen molar-refractivity contribution in [3.63, 3.8) is 0 Å². The van der Waals surface area contributed by atoms with Crippen LogP contribution in [0.4, 0.5) is 0 Å². The van der Waals surface area contributed by atoms with Gasteiger partial charge in [-0.25, -0.2) is 4.98 Å². The van der Waals surface area contributed by atoms with Crippen LogP contribution in [-0.2, 0) is 13.1 Å². The molecule has 21 heavy (non-hydrogen) atoms. The van der Waals surface area contributed by atoms with Gasteiger partial charge in [-0.3, -0.25) is 0 Å². The summed E-state index contributed by atoms with van der Waals surface area (Å²) in [7, 11) is 1.57. The number of nitrogens with zero attached hydrogens (tertiary/aromatic N) is 3. The van der Waals surface area contributed by atoms with E-state index < -0.39 is 0 Å². The Morgan fingerprint density at radius 1 is 1.43 bits per heavy atom. The smallest absolute Gasteiger partial charge is 0.136 e. The molecule has 0 aliphatic carbocycles. The Bertz CT molecular complexity index is 640. The molecule has 110 valence electrons. The van der Waals surface area contributed by atoms with E-state index in [1.807, 2.05) is 35.3 Å². The van der Waals surface area contributed by atoms with Crippen LogP contribution >= 0.6 is 0 Å². The summed E-state index contributed by atoms with van der Waals surface area (Å²) in [6, 6.07) is 8.23. The third kappa shape index (κ3) is 4.07. The molecule has 5 heteroatoms. The van der Waals surface area contributed by atoms with Gasteiger partial charge in [0.15, 0.2) is 0 Å². The average Bonchev–Trinajstić information content (AvgIpc) is 2.92. The van der Waals surface area contributed by atoms with E-state index in [9.17, 15) is 0 Å². The normalized spacial score (nSPS) is 10.6. The van der Waals surface area contributed by atoms with E-state index in [0.717, 1.165) is 17.8 Å². The lowest BCUT2D eigenvalue weighted by Crippen LogP contribution is -2.21. The van der Waals surface area contributed by atoms with Crippen molar-refractivity contribution in [2.24, 2.45) is 0 Å². The first kappa shape index (κ1) is 15.1. The molecule has 2 rings (SSSR count). The summed E-state index contributed by atoms with van der Waals surface area (Å²) in [6.45, 7) is 5.67. The molecule has 0 aliphatic heterocycles. The number of rotatable bonds is 6. The van der Waals surface area contributed by atoms with Crippen molar-refractivity contribution in [3.05, 3.63) is 47.5 Å². The lowest BCUT2D eigenvalue weighted by atomic mass is 10.1. The molecular weight excluding hydrogens is 264 g/mol. The maximum Gasteiger partial charge on any atom is 0.136 e. The molecule has 0 fully saturated rings. The van der Waals surface area contributed by atoms with Gasteiger partial charge in [-0.2, -0.15) is 5.26 Å². The molecule has 0 saturated heterocycles. The Morgan fingerprint density at radius 2 is 2.24 bits per heavy atom. The van der Waals surface area contributed by atoms with Crippen LogP contribution in [0.1, 0.15) is 30.7 Å². The molecule has 0 atom stereocenters. The third-order valence-corrected chi connectivity index (χ3v) is 3.13. The second-order valence-electron chi connectivity index (χ2n) is 5.22. The van der Waals surface area contributed by atoms with E-state index in [1.54, 1.807) is 7.11 Å². The molecule has 0 spiro atoms. The van der Waals surface area contributed by atoms with Gasteiger partial charge in [0.1, 0.15) is 11.8 Å². The maximum atomic E-state index is 9.11. The molecule has 2 aromatic rings. The van der Waals surface area contributed by atoms with Crippen LogP contribution in [0.3, 0.4) is 0 Å². The minimum Gasteiger partial charge on any atom is -0.495 e. The molecule has 0 bridgehead atoms. The average molecular weight is 284 g/mol. The largest absolute Gasteiger partial charge is 0.495 e. The molecule has 0 radical (unpaired) electrons. The van der Waals surface area contributed by atoms with E-state index in [-0.39, 0.29) is 0 Å². The Balaban J connectivity index is 2.07. The van der Waals surface area contributed by atoms with E-state index in [0.29, 0.717) is 23.9 Å². The third-order valence-electron chi connectivity index (χ3n) is 3.13. The summed E-state index contributed by atoms with van der Waals surface area (Å²) in [5.74, 6) is 0.605. The number of hydrogen-bond donors (Lipinski definition) is 1. The Morgan fingerprint density at radius 3 is 2.90 bits per heavy atom. The van der Waals surface area contributed by atoms with Crippen molar-refractivity contribution < 1.29 is 4.74 Å². The minimum atomic E-state index is 0.440. The molecular formula is C16H20N4O. The van der Waals surface area contributed by atoms with Gasteiger partial charge in [0.05, 0.1) is 24.7 Å². The molecule has 1 N–H and O–H groups in total. The molecule has 1 aromatic heterocycles. The van der Waals surface area contributed by atoms with Crippen LogP contribution < -0.4 is 10.1 Å². The van der Waals surface area contributed by atoms with Crippen molar-refractivity contribution in [2.75, 3.05) is 7.11 Å². The highest BCUT2D eigenvalue weighted by atomic mass is 16.5. The van der Waals surface area contributed by atoms with Crippen molar-refractivity contribution in [2.45, 2.75) is 33.0 Å². The lowest BCUT2D eigenvalue weighted by Gasteiger charge is -2.07. The first-order valence-electron chi connectivity index (χ1n) is 6.93. The Labute approximate surface area is 125 Å². The van der Waals surface area contributed by atoms with E-state index in [4.69, 9.17) is 10.00 Å². The van der Waals surface area contributed by atoms with Gasteiger partial charge in [0.25, 0.3) is 0 Å². The Hall–Kier alpha value is -2.32. The number of ether oxygens (including phenoxy) is 1. The number of imidazole rings is 1. The van der Waals surface area contributed by atoms with Crippen LogP contribution in [-0.4, -0.2) is 22.7 Å². The van der Waals surface area contributed by atoms with Crippen molar-refractivity contribution in [1.82, 2.24) is 14.9 Å². The predicted molar refractivity (Wildman–Crippen MR) is 81.0 cm³/mol. The molecule has 0 saturated carbocycles. The highest BCUT2D eigenvalue weighted by Crippen LogP contribution is 2.19. The first-order valence-corrected chi connectivity index (χ1v) is 6.93. The van der Waals surface area contributed by atoms with Crippen LogP contribution in [0.5, 0.6) is 5.75 Å². The Kier molecular flexibility index (Phi) is 4.96. The minimum absolute atomic E-state index is 0.440. The van der Waals surface area contributed by atoms with Gasteiger partial charge < -0.3 is 14.6 Å². The number of methoxy groups -OCH3 is 1. The van der Waals surface area contributed by atoms with Crippen molar-refractivity contribution in [3.8, 4) is 11.8 Å². The van der Waals surface area contributed by atoms with Crippen LogP contribution in [0.15, 0.2) is 30.7 Å². The summed E-state index contributed by atoms with van der Waals surface area (Å²) in [5.41, 5.74) is 2.61. The van der Waals surface area contributed by atoms with Crippen LogP contribution in [0.25, 0.3) is 0 Å². The zero-order valence-corrected chi connectivity index (χ0v) is 12.6. The topological polar surface area (TPSA) is 62.9 Å². The summed E-state index contributed by atoms with van der Waals surface area (Å²) < 4.78 is 7.16. The van der Waals surface area contributed by atoms with E-state index >= 15 is 0 Å². The highest BCUT2D eigenvalue weighted by molar-refractivity contribution is 5.45. The fourth-order valence-corrected chi connectivity index (χ4v) is 2.04. The number of nitrogens with one attached hydrogen (secondary N) is 1. The summed E-state index contributed by atoms with van der Waals surface area (Å²) in [5, 5.41) is 12.4. The molecule has 0 unspecified atom stereocenters. The summed E-state index contributed by atoms with van der Waals surface area (Å²) in [4.78, 5) is 4.37. The van der Waals surface area contributed by atoms with Gasteiger partial charge >= 0.3 is 0 Å². The van der Waals surface area contributed by atoms with Gasteiger partial charge in [-0.1, -0.05) is 19.9 Å². The zero-order valence-electron chi connectivity index (χ0n) is 12.6. The second-order valence-corrected chi connectivity index (χ2v) is 5.22. The van der Waals surface area contributed by atoms with Gasteiger partial charge in [0.2, 0.25) is 0 Å². The fraction of sp³-hybridized carbons (Fsp3) is 0.375. The maximum absolute atomic E-state index is 9.11.